The molecule has 1 fully saturated rings. The number of carboxylic acid groups (broad SMARTS) is 1. The van der Waals surface area contributed by atoms with E-state index in [1.807, 2.05) is 0 Å². The molecule has 0 aromatic rings. The van der Waals surface area contributed by atoms with Crippen LogP contribution < -0.4 is 0 Å². The van der Waals surface area contributed by atoms with E-state index in [1.165, 1.54) is 19.3 Å². The lowest BCUT2D eigenvalue weighted by atomic mass is 9.88. The van der Waals surface area contributed by atoms with Gasteiger partial charge in [0.15, 0.2) is 0 Å². The van der Waals surface area contributed by atoms with Gasteiger partial charge in [-0.25, -0.2) is 0 Å². The first-order chi connectivity index (χ1) is 7.00. The highest BCUT2D eigenvalue weighted by Gasteiger charge is 2.44. The average Bonchev–Trinajstić information content (AvgIpc) is 2.42. The van der Waals surface area contributed by atoms with E-state index in [2.05, 4.69) is 25.7 Å². The molecule has 0 aromatic heterocycles. The Morgan fingerprint density at radius 1 is 1.47 bits per heavy atom. The summed E-state index contributed by atoms with van der Waals surface area (Å²) in [6, 6.07) is 0. The highest BCUT2D eigenvalue weighted by Crippen LogP contribution is 2.34. The molecule has 0 spiro atoms. The summed E-state index contributed by atoms with van der Waals surface area (Å²) in [6.07, 6.45) is 4.45. The third-order valence-corrected chi connectivity index (χ3v) is 3.69. The molecule has 88 valence electrons. The van der Waals surface area contributed by atoms with Gasteiger partial charge in [0.1, 0.15) is 0 Å². The zero-order valence-electron chi connectivity index (χ0n) is 10.1. The van der Waals surface area contributed by atoms with Gasteiger partial charge in [-0.1, -0.05) is 19.8 Å². The van der Waals surface area contributed by atoms with Gasteiger partial charge in [-0.15, -0.1) is 0 Å². The van der Waals surface area contributed by atoms with Gasteiger partial charge in [0.2, 0.25) is 0 Å². The first-order valence-corrected chi connectivity index (χ1v) is 5.98. The van der Waals surface area contributed by atoms with Crippen LogP contribution in [0, 0.1) is 5.92 Å². The fraction of sp³-hybridized carbons (Fsp3) is 0.917. The van der Waals surface area contributed by atoms with Crippen LogP contribution in [0.1, 0.15) is 46.5 Å². The second-order valence-corrected chi connectivity index (χ2v) is 5.03. The quantitative estimate of drug-likeness (QED) is 0.713. The molecule has 3 heteroatoms. The molecule has 1 N–H and O–H groups in total. The fourth-order valence-electron chi connectivity index (χ4n) is 2.52. The van der Waals surface area contributed by atoms with Crippen molar-refractivity contribution >= 4 is 5.97 Å². The summed E-state index contributed by atoms with van der Waals surface area (Å²) in [5.41, 5.74) is -0.167. The van der Waals surface area contributed by atoms with Crippen LogP contribution in [0.5, 0.6) is 0 Å². The summed E-state index contributed by atoms with van der Waals surface area (Å²) >= 11 is 0. The first kappa shape index (κ1) is 12.5. The molecule has 0 radical (unpaired) electrons. The summed E-state index contributed by atoms with van der Waals surface area (Å²) in [4.78, 5) is 13.4. The third-order valence-electron chi connectivity index (χ3n) is 3.69. The number of hydrogen-bond donors (Lipinski definition) is 1. The van der Waals surface area contributed by atoms with Gasteiger partial charge in [-0.3, -0.25) is 9.69 Å². The minimum Gasteiger partial charge on any atom is -0.481 e. The van der Waals surface area contributed by atoms with Gasteiger partial charge in [0.25, 0.3) is 0 Å². The summed E-state index contributed by atoms with van der Waals surface area (Å²) in [5, 5.41) is 9.11. The Morgan fingerprint density at radius 3 is 2.60 bits per heavy atom. The molecule has 1 atom stereocenters. The molecule has 1 aliphatic rings. The highest BCUT2D eigenvalue weighted by molar-refractivity contribution is 5.72. The van der Waals surface area contributed by atoms with E-state index in [9.17, 15) is 4.79 Å². The van der Waals surface area contributed by atoms with Crippen molar-refractivity contribution in [1.29, 1.82) is 0 Å². The molecule has 0 amide bonds. The minimum atomic E-state index is -0.641. The van der Waals surface area contributed by atoms with E-state index in [1.54, 1.807) is 0 Å². The number of carboxylic acids is 1. The molecule has 1 aliphatic heterocycles. The number of carbonyl (C=O) groups is 1. The lowest BCUT2D eigenvalue weighted by Crippen LogP contribution is -2.45. The Kier molecular flexibility index (Phi) is 4.14. The highest BCUT2D eigenvalue weighted by atomic mass is 16.4. The zero-order valence-corrected chi connectivity index (χ0v) is 10.1. The molecule has 3 nitrogen and oxygen atoms in total. The van der Waals surface area contributed by atoms with Crippen molar-refractivity contribution in [2.75, 3.05) is 13.1 Å². The standard InChI is InChI=1S/C12H23NO2/c1-4-5-6-8-13-9-7-10(11(14)15)12(13,2)3/h10H,4-9H2,1-3H3,(H,14,15). The van der Waals surface area contributed by atoms with Gasteiger partial charge >= 0.3 is 5.97 Å². The Labute approximate surface area is 92.5 Å². The van der Waals surface area contributed by atoms with Crippen LogP contribution in [0.15, 0.2) is 0 Å². The summed E-state index contributed by atoms with van der Waals surface area (Å²) in [7, 11) is 0. The monoisotopic (exact) mass is 213 g/mol. The van der Waals surface area contributed by atoms with Crippen LogP contribution in [0.4, 0.5) is 0 Å². The van der Waals surface area contributed by atoms with Crippen molar-refractivity contribution < 1.29 is 9.90 Å². The minimum absolute atomic E-state index is 0.167. The maximum Gasteiger partial charge on any atom is 0.308 e. The van der Waals surface area contributed by atoms with Crippen LogP contribution in [0.25, 0.3) is 0 Å². The predicted molar refractivity (Wildman–Crippen MR) is 60.9 cm³/mol. The average molecular weight is 213 g/mol. The fourth-order valence-corrected chi connectivity index (χ4v) is 2.52. The third kappa shape index (κ3) is 2.71. The summed E-state index contributed by atoms with van der Waals surface area (Å²) in [5.74, 6) is -0.836. The van der Waals surface area contributed by atoms with Gasteiger partial charge in [0.05, 0.1) is 5.92 Å². The normalized spacial score (nSPS) is 25.7. The zero-order chi connectivity index (χ0) is 11.5. The first-order valence-electron chi connectivity index (χ1n) is 5.98. The summed E-state index contributed by atoms with van der Waals surface area (Å²) < 4.78 is 0. The Bertz CT molecular complexity index is 226. The number of rotatable bonds is 5. The maximum atomic E-state index is 11.1. The number of aliphatic carboxylic acids is 1. The number of hydrogen-bond acceptors (Lipinski definition) is 2. The van der Waals surface area contributed by atoms with Crippen molar-refractivity contribution in [3.05, 3.63) is 0 Å². The molecule has 1 unspecified atom stereocenters. The van der Waals surface area contributed by atoms with Crippen molar-refractivity contribution in [3.8, 4) is 0 Å². The topological polar surface area (TPSA) is 40.5 Å². The largest absolute Gasteiger partial charge is 0.481 e. The van der Waals surface area contributed by atoms with E-state index < -0.39 is 5.97 Å². The van der Waals surface area contributed by atoms with Crippen molar-refractivity contribution in [2.24, 2.45) is 5.92 Å². The molecule has 0 saturated carbocycles. The SMILES string of the molecule is CCCCCN1CCC(C(=O)O)C1(C)C. The van der Waals surface area contributed by atoms with E-state index >= 15 is 0 Å². The van der Waals surface area contributed by atoms with Gasteiger partial charge in [0, 0.05) is 5.54 Å². The van der Waals surface area contributed by atoms with Crippen molar-refractivity contribution in [2.45, 2.75) is 52.0 Å². The van der Waals surface area contributed by atoms with E-state index in [0.29, 0.717) is 0 Å². The van der Waals surface area contributed by atoms with Crippen LogP contribution in [-0.2, 0) is 4.79 Å². The Balaban J connectivity index is 2.51. The maximum absolute atomic E-state index is 11.1. The lowest BCUT2D eigenvalue weighted by molar-refractivity contribution is -0.144. The molecular weight excluding hydrogens is 190 g/mol. The van der Waals surface area contributed by atoms with Gasteiger partial charge in [-0.05, 0) is 39.8 Å². The molecule has 0 bridgehead atoms. The molecule has 15 heavy (non-hydrogen) atoms. The van der Waals surface area contributed by atoms with Crippen molar-refractivity contribution in [1.82, 2.24) is 4.90 Å². The number of unbranched alkanes of at least 4 members (excludes halogenated alkanes) is 2. The van der Waals surface area contributed by atoms with E-state index in [4.69, 9.17) is 5.11 Å². The number of nitrogens with zero attached hydrogens (tertiary/aromatic N) is 1. The molecule has 1 heterocycles. The molecule has 0 aromatic carbocycles. The molecule has 0 aliphatic carbocycles. The molecular formula is C12H23NO2. The van der Waals surface area contributed by atoms with Crippen molar-refractivity contribution in [3.63, 3.8) is 0 Å². The smallest absolute Gasteiger partial charge is 0.308 e. The lowest BCUT2D eigenvalue weighted by Gasteiger charge is -2.34. The van der Waals surface area contributed by atoms with Crippen LogP contribution in [0.3, 0.4) is 0 Å². The molecule has 1 rings (SSSR count). The number of likely N-dealkylation sites (tertiary alicyclic amines) is 1. The van der Waals surface area contributed by atoms with Crippen LogP contribution in [0.2, 0.25) is 0 Å². The van der Waals surface area contributed by atoms with Gasteiger partial charge < -0.3 is 5.11 Å². The van der Waals surface area contributed by atoms with E-state index in [-0.39, 0.29) is 11.5 Å². The Morgan fingerprint density at radius 2 is 2.13 bits per heavy atom. The van der Waals surface area contributed by atoms with Crippen LogP contribution >= 0.6 is 0 Å². The second-order valence-electron chi connectivity index (χ2n) is 5.03. The van der Waals surface area contributed by atoms with Gasteiger partial charge in [-0.2, -0.15) is 0 Å². The second kappa shape index (κ2) is 4.97. The summed E-state index contributed by atoms with van der Waals surface area (Å²) in [6.45, 7) is 8.29. The van der Waals surface area contributed by atoms with Crippen LogP contribution in [-0.4, -0.2) is 34.6 Å². The Hall–Kier alpha value is -0.570. The predicted octanol–water partition coefficient (Wildman–Crippen LogP) is 2.36. The van der Waals surface area contributed by atoms with E-state index in [0.717, 1.165) is 19.5 Å². The molecule has 1 saturated heterocycles.